The summed E-state index contributed by atoms with van der Waals surface area (Å²) in [6.07, 6.45) is 3.23. The number of rotatable bonds is 2. The van der Waals surface area contributed by atoms with Crippen LogP contribution >= 0.6 is 0 Å². The Morgan fingerprint density at radius 1 is 1.50 bits per heavy atom. The zero-order valence-corrected chi connectivity index (χ0v) is 8.79. The highest BCUT2D eigenvalue weighted by Gasteiger charge is 2.41. The van der Waals surface area contributed by atoms with Gasteiger partial charge in [0.05, 0.1) is 12.2 Å². The fraction of sp³-hybridized carbons (Fsp3) is 1.00. The van der Waals surface area contributed by atoms with Gasteiger partial charge in [0.1, 0.15) is 0 Å². The molecule has 1 spiro atoms. The predicted molar refractivity (Wildman–Crippen MR) is 53.6 cm³/mol. The number of nitrogens with one attached hydrogen (secondary N) is 1. The van der Waals surface area contributed by atoms with Crippen LogP contribution in [0.15, 0.2) is 0 Å². The van der Waals surface area contributed by atoms with E-state index in [4.69, 9.17) is 15.3 Å². The van der Waals surface area contributed by atoms with Crippen molar-refractivity contribution in [2.75, 3.05) is 19.8 Å². The van der Waals surface area contributed by atoms with Gasteiger partial charge in [0, 0.05) is 25.7 Å². The zero-order valence-electron chi connectivity index (χ0n) is 8.79. The lowest BCUT2D eigenvalue weighted by Gasteiger charge is -2.39. The molecule has 3 N–H and O–H groups in total. The normalized spacial score (nSPS) is 40.3. The molecule has 2 saturated heterocycles. The second-order valence-corrected chi connectivity index (χ2v) is 4.54. The first-order chi connectivity index (χ1) is 6.76. The first-order valence-electron chi connectivity index (χ1n) is 5.44. The van der Waals surface area contributed by atoms with Gasteiger partial charge in [-0.05, 0) is 25.7 Å². The van der Waals surface area contributed by atoms with Crippen LogP contribution in [0.1, 0.15) is 26.2 Å². The first-order valence-corrected chi connectivity index (χ1v) is 5.44. The second kappa shape index (κ2) is 4.14. The summed E-state index contributed by atoms with van der Waals surface area (Å²) in [6, 6.07) is 0.372. The van der Waals surface area contributed by atoms with Gasteiger partial charge in [-0.1, -0.05) is 0 Å². The minimum Gasteiger partial charge on any atom is -0.378 e. The molecule has 2 fully saturated rings. The van der Waals surface area contributed by atoms with E-state index in [0.29, 0.717) is 12.0 Å². The van der Waals surface area contributed by atoms with Gasteiger partial charge in [0.2, 0.25) is 0 Å². The van der Waals surface area contributed by atoms with Crippen molar-refractivity contribution in [3.8, 4) is 0 Å². The smallest absolute Gasteiger partial charge is 0.0939 e. The minimum atomic E-state index is 0.00796. The Morgan fingerprint density at radius 2 is 2.36 bits per heavy atom. The Balaban J connectivity index is 1.96. The molecule has 2 aliphatic heterocycles. The lowest BCUT2D eigenvalue weighted by Crippen LogP contribution is -2.47. The maximum absolute atomic E-state index is 5.86. The summed E-state index contributed by atoms with van der Waals surface area (Å²) < 4.78 is 11.3. The molecule has 0 saturated carbocycles. The van der Waals surface area contributed by atoms with Crippen molar-refractivity contribution in [2.45, 2.75) is 37.8 Å². The van der Waals surface area contributed by atoms with Crippen molar-refractivity contribution >= 4 is 0 Å². The predicted octanol–water partition coefficient (Wildman–Crippen LogP) is 0.424. The van der Waals surface area contributed by atoms with Gasteiger partial charge in [-0.2, -0.15) is 0 Å². The largest absolute Gasteiger partial charge is 0.378 e. The van der Waals surface area contributed by atoms with Crippen LogP contribution in [0.5, 0.6) is 0 Å². The Morgan fingerprint density at radius 3 is 3.00 bits per heavy atom. The van der Waals surface area contributed by atoms with Crippen molar-refractivity contribution < 1.29 is 9.47 Å². The summed E-state index contributed by atoms with van der Waals surface area (Å²) in [4.78, 5) is 0. The summed E-state index contributed by atoms with van der Waals surface area (Å²) in [7, 11) is 0. The second-order valence-electron chi connectivity index (χ2n) is 4.54. The van der Waals surface area contributed by atoms with Crippen molar-refractivity contribution in [3.05, 3.63) is 0 Å². The van der Waals surface area contributed by atoms with Crippen molar-refractivity contribution in [2.24, 2.45) is 11.8 Å². The molecule has 0 aromatic heterocycles. The quantitative estimate of drug-likeness (QED) is 0.501. The van der Waals surface area contributed by atoms with E-state index in [1.165, 1.54) is 0 Å². The summed E-state index contributed by atoms with van der Waals surface area (Å²) >= 11 is 0. The molecule has 0 aliphatic carbocycles. The van der Waals surface area contributed by atoms with Crippen LogP contribution in [0.2, 0.25) is 0 Å². The Hall–Kier alpha value is -0.160. The van der Waals surface area contributed by atoms with E-state index in [0.717, 1.165) is 39.1 Å². The van der Waals surface area contributed by atoms with Crippen LogP contribution in [0.25, 0.3) is 0 Å². The van der Waals surface area contributed by atoms with E-state index in [-0.39, 0.29) is 5.60 Å². The summed E-state index contributed by atoms with van der Waals surface area (Å²) in [5, 5.41) is 0. The zero-order chi connectivity index (χ0) is 10.0. The molecule has 3 atom stereocenters. The Bertz CT molecular complexity index is 193. The van der Waals surface area contributed by atoms with Gasteiger partial charge in [0.15, 0.2) is 0 Å². The van der Waals surface area contributed by atoms with Gasteiger partial charge in [-0.3, -0.25) is 11.3 Å². The lowest BCUT2D eigenvalue weighted by molar-refractivity contribution is -0.102. The van der Waals surface area contributed by atoms with Crippen LogP contribution in [0.4, 0.5) is 0 Å². The van der Waals surface area contributed by atoms with E-state index in [1.807, 2.05) is 0 Å². The van der Waals surface area contributed by atoms with E-state index in [2.05, 4.69) is 12.3 Å². The standard InChI is InChI=1S/C10H20N2O2/c1-8(12-11)9-2-4-14-10(6-9)3-5-13-7-10/h8-9,12H,2-7,11H2,1H3. The van der Waals surface area contributed by atoms with Crippen LogP contribution in [-0.2, 0) is 9.47 Å². The van der Waals surface area contributed by atoms with Gasteiger partial charge >= 0.3 is 0 Å². The van der Waals surface area contributed by atoms with Gasteiger partial charge in [0.25, 0.3) is 0 Å². The third-order valence-electron chi connectivity index (χ3n) is 3.57. The summed E-state index contributed by atoms with van der Waals surface area (Å²) in [5.74, 6) is 6.09. The monoisotopic (exact) mass is 200 g/mol. The molecular weight excluding hydrogens is 180 g/mol. The molecule has 4 nitrogen and oxygen atoms in total. The molecule has 0 aromatic rings. The lowest BCUT2D eigenvalue weighted by atomic mass is 9.82. The summed E-state index contributed by atoms with van der Waals surface area (Å²) in [5.41, 5.74) is 2.85. The molecule has 0 aromatic carbocycles. The fourth-order valence-corrected chi connectivity index (χ4v) is 2.49. The number of nitrogens with two attached hydrogens (primary N) is 1. The topological polar surface area (TPSA) is 56.5 Å². The number of hydrogen-bond acceptors (Lipinski definition) is 4. The third kappa shape index (κ3) is 1.93. The first kappa shape index (κ1) is 10.4. The molecule has 0 radical (unpaired) electrons. The maximum Gasteiger partial charge on any atom is 0.0939 e. The molecule has 2 aliphatic rings. The Labute approximate surface area is 85.1 Å². The highest BCUT2D eigenvalue weighted by Crippen LogP contribution is 2.36. The van der Waals surface area contributed by atoms with E-state index in [1.54, 1.807) is 0 Å². The van der Waals surface area contributed by atoms with E-state index < -0.39 is 0 Å². The highest BCUT2D eigenvalue weighted by molar-refractivity contribution is 4.92. The minimum absolute atomic E-state index is 0.00796. The number of hydrazine groups is 1. The molecule has 4 heteroatoms. The number of hydrogen-bond donors (Lipinski definition) is 2. The van der Waals surface area contributed by atoms with E-state index in [9.17, 15) is 0 Å². The van der Waals surface area contributed by atoms with Crippen molar-refractivity contribution in [1.29, 1.82) is 0 Å². The fourth-order valence-electron chi connectivity index (χ4n) is 2.49. The average Bonchev–Trinajstić information content (AvgIpc) is 2.65. The molecule has 3 unspecified atom stereocenters. The molecule has 0 bridgehead atoms. The number of ether oxygens (including phenoxy) is 2. The molecule has 2 rings (SSSR count). The molecule has 2 heterocycles. The molecule has 14 heavy (non-hydrogen) atoms. The van der Waals surface area contributed by atoms with Gasteiger partial charge in [-0.25, -0.2) is 0 Å². The summed E-state index contributed by atoms with van der Waals surface area (Å²) in [6.45, 7) is 4.59. The molecule has 0 amide bonds. The highest BCUT2D eigenvalue weighted by atomic mass is 16.6. The maximum atomic E-state index is 5.86. The SMILES string of the molecule is CC(NN)C1CCOC2(CCOC2)C1. The van der Waals surface area contributed by atoms with Crippen LogP contribution in [-0.4, -0.2) is 31.5 Å². The van der Waals surface area contributed by atoms with Crippen molar-refractivity contribution in [3.63, 3.8) is 0 Å². The molecular formula is C10H20N2O2. The van der Waals surface area contributed by atoms with Crippen LogP contribution < -0.4 is 11.3 Å². The third-order valence-corrected chi connectivity index (χ3v) is 3.57. The van der Waals surface area contributed by atoms with Crippen LogP contribution in [0.3, 0.4) is 0 Å². The molecule has 82 valence electrons. The van der Waals surface area contributed by atoms with E-state index >= 15 is 0 Å². The van der Waals surface area contributed by atoms with Gasteiger partial charge in [-0.15, -0.1) is 0 Å². The Kier molecular flexibility index (Phi) is 3.07. The van der Waals surface area contributed by atoms with Crippen molar-refractivity contribution in [1.82, 2.24) is 5.43 Å². The van der Waals surface area contributed by atoms with Gasteiger partial charge < -0.3 is 9.47 Å². The van der Waals surface area contributed by atoms with Crippen LogP contribution in [0, 0.1) is 5.92 Å². The average molecular weight is 200 g/mol.